The molecule has 0 amide bonds. The Hall–Kier alpha value is -1.43. The number of carbonyl (C=O) groups is 1. The van der Waals surface area contributed by atoms with Crippen LogP contribution >= 0.6 is 23.2 Å². The van der Waals surface area contributed by atoms with Crippen molar-refractivity contribution in [1.29, 1.82) is 0 Å². The van der Waals surface area contributed by atoms with Crippen LogP contribution in [0.25, 0.3) is 0 Å². The molecule has 0 N–H and O–H groups in total. The first-order chi connectivity index (χ1) is 10.1. The topological polar surface area (TPSA) is 57.0 Å². The van der Waals surface area contributed by atoms with E-state index in [-0.39, 0.29) is 0 Å². The summed E-state index contributed by atoms with van der Waals surface area (Å²) < 4.78 is 7.67. The van der Waals surface area contributed by atoms with Gasteiger partial charge in [-0.25, -0.2) is 9.67 Å². The normalized spacial score (nSPS) is 25.1. The van der Waals surface area contributed by atoms with Gasteiger partial charge in [-0.05, 0) is 25.0 Å². The van der Waals surface area contributed by atoms with E-state index in [1.807, 2.05) is 6.07 Å². The Kier molecular flexibility index (Phi) is 3.97. The van der Waals surface area contributed by atoms with E-state index in [0.29, 0.717) is 29.4 Å². The Morgan fingerprint density at radius 2 is 2.33 bits per heavy atom. The van der Waals surface area contributed by atoms with E-state index in [4.69, 9.17) is 27.9 Å². The van der Waals surface area contributed by atoms with Gasteiger partial charge in [0.1, 0.15) is 30.6 Å². The molecule has 1 aromatic carbocycles. The number of nitrogens with zero attached hydrogens (tertiary/aromatic N) is 3. The second kappa shape index (κ2) is 5.75. The maximum absolute atomic E-state index is 11.1. The quantitative estimate of drug-likeness (QED) is 0.811. The molecule has 2 heterocycles. The van der Waals surface area contributed by atoms with Gasteiger partial charge in [-0.1, -0.05) is 29.3 Å². The molecule has 0 bridgehead atoms. The molecule has 0 spiro atoms. The van der Waals surface area contributed by atoms with Crippen molar-refractivity contribution in [2.75, 3.05) is 0 Å². The molecule has 2 unspecified atom stereocenters. The van der Waals surface area contributed by atoms with E-state index in [1.54, 1.807) is 23.1 Å². The predicted molar refractivity (Wildman–Crippen MR) is 78.3 cm³/mol. The first kappa shape index (κ1) is 14.5. The van der Waals surface area contributed by atoms with Crippen LogP contribution in [0.5, 0.6) is 0 Å². The average molecular weight is 326 g/mol. The lowest BCUT2D eigenvalue weighted by molar-refractivity contribution is -0.124. The summed E-state index contributed by atoms with van der Waals surface area (Å²) in [6, 6.07) is 5.29. The molecule has 0 radical (unpaired) electrons. The van der Waals surface area contributed by atoms with Crippen LogP contribution in [0.1, 0.15) is 18.4 Å². The molecule has 3 rings (SSSR count). The van der Waals surface area contributed by atoms with Gasteiger partial charge < -0.3 is 9.53 Å². The highest BCUT2D eigenvalue weighted by Crippen LogP contribution is 2.43. The van der Waals surface area contributed by atoms with E-state index in [1.165, 1.54) is 6.33 Å². The molecule has 1 aliphatic heterocycles. The summed E-state index contributed by atoms with van der Waals surface area (Å²) in [6.07, 6.45) is 4.80. The molecule has 2 atom stereocenters. The van der Waals surface area contributed by atoms with Gasteiger partial charge in [0.25, 0.3) is 0 Å². The Morgan fingerprint density at radius 1 is 1.48 bits per heavy atom. The van der Waals surface area contributed by atoms with Crippen molar-refractivity contribution in [3.63, 3.8) is 0 Å². The maximum Gasteiger partial charge on any atom is 0.148 e. The summed E-state index contributed by atoms with van der Waals surface area (Å²) >= 11 is 12.3. The minimum atomic E-state index is -0.694. The van der Waals surface area contributed by atoms with Gasteiger partial charge in [0, 0.05) is 15.6 Å². The third-order valence-electron chi connectivity index (χ3n) is 3.67. The SMILES string of the molecule is O=CC1CCC(Cn2cncn2)(c2ccc(Cl)cc2Cl)O1. The number of carbonyl (C=O) groups excluding carboxylic acids is 1. The van der Waals surface area contributed by atoms with Gasteiger partial charge in [-0.3, -0.25) is 0 Å². The first-order valence-electron chi connectivity index (χ1n) is 6.54. The standard InChI is InChI=1S/C14H13Cl2N3O2/c15-10-1-2-12(13(16)5-10)14(4-3-11(6-20)21-14)7-19-9-17-8-18-19/h1-2,5-6,8-9,11H,3-4,7H2. The third-order valence-corrected chi connectivity index (χ3v) is 4.22. The minimum Gasteiger partial charge on any atom is -0.358 e. The number of aldehydes is 1. The van der Waals surface area contributed by atoms with Crippen molar-refractivity contribution in [2.45, 2.75) is 31.1 Å². The van der Waals surface area contributed by atoms with Gasteiger partial charge in [0.05, 0.1) is 6.54 Å². The minimum absolute atomic E-state index is 0.430. The van der Waals surface area contributed by atoms with E-state index in [0.717, 1.165) is 11.8 Å². The van der Waals surface area contributed by atoms with Crippen LogP contribution in [-0.2, 0) is 21.7 Å². The lowest BCUT2D eigenvalue weighted by Gasteiger charge is -2.30. The molecule has 5 nitrogen and oxygen atoms in total. The highest BCUT2D eigenvalue weighted by molar-refractivity contribution is 6.35. The fraction of sp³-hybridized carbons (Fsp3) is 0.357. The van der Waals surface area contributed by atoms with Crippen molar-refractivity contribution in [3.8, 4) is 0 Å². The number of ether oxygens (including phenoxy) is 1. The third kappa shape index (κ3) is 2.81. The molecule has 110 valence electrons. The molecule has 1 aliphatic rings. The van der Waals surface area contributed by atoms with Crippen molar-refractivity contribution >= 4 is 29.5 Å². The van der Waals surface area contributed by atoms with Crippen LogP contribution in [-0.4, -0.2) is 27.2 Å². The summed E-state index contributed by atoms with van der Waals surface area (Å²) in [7, 11) is 0. The molecule has 1 saturated heterocycles. The summed E-state index contributed by atoms with van der Waals surface area (Å²) in [4.78, 5) is 15.0. The van der Waals surface area contributed by atoms with E-state index in [9.17, 15) is 4.79 Å². The number of hydrogen-bond acceptors (Lipinski definition) is 4. The Labute approximate surface area is 131 Å². The Morgan fingerprint density at radius 3 is 2.95 bits per heavy atom. The molecule has 0 aliphatic carbocycles. The van der Waals surface area contributed by atoms with Crippen molar-refractivity contribution < 1.29 is 9.53 Å². The van der Waals surface area contributed by atoms with Crippen molar-refractivity contribution in [1.82, 2.24) is 14.8 Å². The first-order valence-corrected chi connectivity index (χ1v) is 7.30. The molecule has 1 aromatic heterocycles. The summed E-state index contributed by atoms with van der Waals surface area (Å²) in [5.41, 5.74) is 0.120. The van der Waals surface area contributed by atoms with Gasteiger partial charge >= 0.3 is 0 Å². The lowest BCUT2D eigenvalue weighted by atomic mass is 9.90. The predicted octanol–water partition coefficient (Wildman–Crippen LogP) is 2.86. The number of benzene rings is 1. The molecule has 2 aromatic rings. The van der Waals surface area contributed by atoms with Crippen LogP contribution in [0.3, 0.4) is 0 Å². The highest BCUT2D eigenvalue weighted by Gasteiger charge is 2.43. The van der Waals surface area contributed by atoms with Crippen molar-refractivity contribution in [3.05, 3.63) is 46.5 Å². The molecule has 0 saturated carbocycles. The zero-order chi connectivity index (χ0) is 14.9. The molecule has 21 heavy (non-hydrogen) atoms. The molecular weight excluding hydrogens is 313 g/mol. The van der Waals surface area contributed by atoms with E-state index < -0.39 is 11.7 Å². The van der Waals surface area contributed by atoms with Gasteiger partial charge in [0.15, 0.2) is 0 Å². The lowest BCUT2D eigenvalue weighted by Crippen LogP contribution is -2.33. The highest BCUT2D eigenvalue weighted by atomic mass is 35.5. The van der Waals surface area contributed by atoms with E-state index in [2.05, 4.69) is 10.1 Å². The van der Waals surface area contributed by atoms with Gasteiger partial charge in [-0.15, -0.1) is 0 Å². The zero-order valence-corrected chi connectivity index (χ0v) is 12.6. The summed E-state index contributed by atoms with van der Waals surface area (Å²) in [5, 5.41) is 5.20. The number of hydrogen-bond donors (Lipinski definition) is 0. The smallest absolute Gasteiger partial charge is 0.148 e. The van der Waals surface area contributed by atoms with Gasteiger partial charge in [0.2, 0.25) is 0 Å². The van der Waals surface area contributed by atoms with Gasteiger partial charge in [-0.2, -0.15) is 5.10 Å². The molecule has 1 fully saturated rings. The fourth-order valence-corrected chi connectivity index (χ4v) is 3.29. The monoisotopic (exact) mass is 325 g/mol. The number of halogens is 2. The molecular formula is C14H13Cl2N3O2. The second-order valence-electron chi connectivity index (χ2n) is 5.04. The summed E-state index contributed by atoms with van der Waals surface area (Å²) in [6.45, 7) is 0.443. The van der Waals surface area contributed by atoms with Crippen LogP contribution in [0.4, 0.5) is 0 Å². The second-order valence-corrected chi connectivity index (χ2v) is 5.89. The number of rotatable bonds is 4. The zero-order valence-electron chi connectivity index (χ0n) is 11.1. The Balaban J connectivity index is 2.01. The van der Waals surface area contributed by atoms with Crippen molar-refractivity contribution in [2.24, 2.45) is 0 Å². The summed E-state index contributed by atoms with van der Waals surface area (Å²) in [5.74, 6) is 0. The van der Waals surface area contributed by atoms with Crippen LogP contribution in [0.15, 0.2) is 30.9 Å². The van der Waals surface area contributed by atoms with E-state index >= 15 is 0 Å². The van der Waals surface area contributed by atoms with Crippen LogP contribution < -0.4 is 0 Å². The molecule has 7 heteroatoms. The number of aromatic nitrogens is 3. The maximum atomic E-state index is 11.1. The van der Waals surface area contributed by atoms with Crippen LogP contribution in [0.2, 0.25) is 10.0 Å². The van der Waals surface area contributed by atoms with Crippen LogP contribution in [0, 0.1) is 0 Å². The fourth-order valence-electron chi connectivity index (χ4n) is 2.71. The largest absolute Gasteiger partial charge is 0.358 e. The average Bonchev–Trinajstić information content (AvgIpc) is 3.09. The Bertz CT molecular complexity index is 648.